The summed E-state index contributed by atoms with van der Waals surface area (Å²) in [5.74, 6) is 0.390. The van der Waals surface area contributed by atoms with Gasteiger partial charge in [-0.25, -0.2) is 4.99 Å². The van der Waals surface area contributed by atoms with Crippen molar-refractivity contribution in [2.75, 3.05) is 14.1 Å². The maximum atomic E-state index is 12.7. The number of hydrogen-bond donors (Lipinski definition) is 1. The second-order valence-corrected chi connectivity index (χ2v) is 6.84. The minimum Gasteiger partial charge on any atom is -0.370 e. The summed E-state index contributed by atoms with van der Waals surface area (Å²) in [5.41, 5.74) is 9.84. The standard InChI is InChI=1S/C22H24N4O2/c1-15(20-19(14-28-25-20)13-24-22(23)26(2)3)17-10-7-11-18(12-17)21(27)16-8-5-4-6-9-16/h4-12,14-15H,13H2,1-3H3,(H2,23,24). The molecule has 6 heteroatoms. The van der Waals surface area contributed by atoms with Gasteiger partial charge < -0.3 is 15.2 Å². The number of carbonyl (C=O) groups is 1. The van der Waals surface area contributed by atoms with Gasteiger partial charge in [-0.15, -0.1) is 0 Å². The van der Waals surface area contributed by atoms with Crippen molar-refractivity contribution in [1.29, 1.82) is 0 Å². The van der Waals surface area contributed by atoms with Crippen molar-refractivity contribution in [2.24, 2.45) is 10.7 Å². The Morgan fingerprint density at radius 3 is 2.57 bits per heavy atom. The van der Waals surface area contributed by atoms with Crippen LogP contribution < -0.4 is 5.73 Å². The van der Waals surface area contributed by atoms with Gasteiger partial charge in [0.05, 0.1) is 12.2 Å². The summed E-state index contributed by atoms with van der Waals surface area (Å²) in [6.07, 6.45) is 1.59. The van der Waals surface area contributed by atoms with Crippen molar-refractivity contribution in [3.63, 3.8) is 0 Å². The molecule has 0 spiro atoms. The van der Waals surface area contributed by atoms with E-state index in [1.165, 1.54) is 0 Å². The second kappa shape index (κ2) is 8.52. The molecule has 3 aromatic rings. The molecule has 1 heterocycles. The van der Waals surface area contributed by atoms with Crippen LogP contribution in [0.25, 0.3) is 0 Å². The SMILES string of the molecule is CC(c1cccc(C(=O)c2ccccc2)c1)c1nocc1CN=C(N)N(C)C. The van der Waals surface area contributed by atoms with Crippen molar-refractivity contribution >= 4 is 11.7 Å². The van der Waals surface area contributed by atoms with E-state index >= 15 is 0 Å². The highest BCUT2D eigenvalue weighted by Gasteiger charge is 2.19. The van der Waals surface area contributed by atoms with E-state index in [9.17, 15) is 4.79 Å². The van der Waals surface area contributed by atoms with Crippen molar-refractivity contribution < 1.29 is 9.32 Å². The monoisotopic (exact) mass is 376 g/mol. The molecular weight excluding hydrogens is 352 g/mol. The number of aliphatic imine (C=N–C) groups is 1. The van der Waals surface area contributed by atoms with Crippen LogP contribution in [0.4, 0.5) is 0 Å². The van der Waals surface area contributed by atoms with Gasteiger partial charge in [0.15, 0.2) is 11.7 Å². The molecule has 1 aromatic heterocycles. The summed E-state index contributed by atoms with van der Waals surface area (Å²) in [7, 11) is 3.68. The van der Waals surface area contributed by atoms with Crippen molar-refractivity contribution in [1.82, 2.24) is 10.1 Å². The number of rotatable bonds is 6. The number of nitrogens with two attached hydrogens (primary N) is 1. The van der Waals surface area contributed by atoms with Gasteiger partial charge in [0.1, 0.15) is 6.26 Å². The zero-order valence-electron chi connectivity index (χ0n) is 16.3. The van der Waals surface area contributed by atoms with E-state index in [4.69, 9.17) is 10.3 Å². The highest BCUT2D eigenvalue weighted by Crippen LogP contribution is 2.27. The van der Waals surface area contributed by atoms with Crippen LogP contribution in [0.5, 0.6) is 0 Å². The first-order valence-electron chi connectivity index (χ1n) is 9.07. The zero-order chi connectivity index (χ0) is 20.1. The second-order valence-electron chi connectivity index (χ2n) is 6.84. The third kappa shape index (κ3) is 4.28. The summed E-state index contributed by atoms with van der Waals surface area (Å²) in [5, 5.41) is 4.16. The number of guanidine groups is 1. The van der Waals surface area contributed by atoms with E-state index in [2.05, 4.69) is 10.1 Å². The number of aromatic nitrogens is 1. The Balaban J connectivity index is 1.85. The molecule has 0 aliphatic rings. The minimum atomic E-state index is -0.0481. The zero-order valence-corrected chi connectivity index (χ0v) is 16.3. The van der Waals surface area contributed by atoms with E-state index < -0.39 is 0 Å². The first-order chi connectivity index (χ1) is 13.5. The highest BCUT2D eigenvalue weighted by molar-refractivity contribution is 6.09. The van der Waals surface area contributed by atoms with Gasteiger partial charge in [0.25, 0.3) is 0 Å². The lowest BCUT2D eigenvalue weighted by Crippen LogP contribution is -2.30. The molecule has 2 aromatic carbocycles. The predicted octanol–water partition coefficient (Wildman–Crippen LogP) is 3.43. The fourth-order valence-corrected chi connectivity index (χ4v) is 2.91. The number of ketones is 1. The van der Waals surface area contributed by atoms with E-state index in [0.29, 0.717) is 23.6 Å². The summed E-state index contributed by atoms with van der Waals surface area (Å²) in [4.78, 5) is 18.8. The molecule has 144 valence electrons. The summed E-state index contributed by atoms with van der Waals surface area (Å²) in [6, 6.07) is 16.9. The van der Waals surface area contributed by atoms with E-state index in [1.54, 1.807) is 11.2 Å². The molecule has 1 atom stereocenters. The summed E-state index contributed by atoms with van der Waals surface area (Å²) < 4.78 is 5.19. The van der Waals surface area contributed by atoms with Crippen LogP contribution in [-0.4, -0.2) is 35.9 Å². The van der Waals surface area contributed by atoms with Crippen LogP contribution >= 0.6 is 0 Å². The molecule has 6 nitrogen and oxygen atoms in total. The summed E-state index contributed by atoms with van der Waals surface area (Å²) in [6.45, 7) is 2.42. The molecule has 0 bridgehead atoms. The van der Waals surface area contributed by atoms with Crippen LogP contribution in [0.2, 0.25) is 0 Å². The predicted molar refractivity (Wildman–Crippen MR) is 109 cm³/mol. The third-order valence-corrected chi connectivity index (χ3v) is 4.64. The Morgan fingerprint density at radius 1 is 1.14 bits per heavy atom. The van der Waals surface area contributed by atoms with Gasteiger partial charge in [-0.2, -0.15) is 0 Å². The van der Waals surface area contributed by atoms with Crippen molar-refractivity contribution in [3.05, 3.63) is 88.8 Å². The molecule has 0 fully saturated rings. The molecule has 3 rings (SSSR count). The smallest absolute Gasteiger partial charge is 0.193 e. The van der Waals surface area contributed by atoms with Crippen LogP contribution in [0.15, 0.2) is 70.4 Å². The lowest BCUT2D eigenvalue weighted by atomic mass is 9.92. The highest BCUT2D eigenvalue weighted by atomic mass is 16.5. The van der Waals surface area contributed by atoms with Crippen LogP contribution in [0.1, 0.15) is 45.6 Å². The number of hydrogen-bond acceptors (Lipinski definition) is 4. The largest absolute Gasteiger partial charge is 0.370 e. The average molecular weight is 376 g/mol. The first kappa shape index (κ1) is 19.4. The van der Waals surface area contributed by atoms with E-state index in [-0.39, 0.29) is 11.7 Å². The maximum Gasteiger partial charge on any atom is 0.193 e. The van der Waals surface area contributed by atoms with Gasteiger partial charge in [-0.3, -0.25) is 4.79 Å². The molecule has 0 amide bonds. The molecule has 0 aliphatic heterocycles. The molecule has 0 saturated carbocycles. The molecule has 2 N–H and O–H groups in total. The normalized spacial score (nSPS) is 12.6. The third-order valence-electron chi connectivity index (χ3n) is 4.64. The minimum absolute atomic E-state index is 0.00150. The molecule has 1 unspecified atom stereocenters. The van der Waals surface area contributed by atoms with Crippen molar-refractivity contribution in [3.8, 4) is 0 Å². The Bertz CT molecular complexity index is 977. The Hall–Kier alpha value is -3.41. The van der Waals surface area contributed by atoms with Gasteiger partial charge in [0.2, 0.25) is 0 Å². The van der Waals surface area contributed by atoms with Gasteiger partial charge in [-0.1, -0.05) is 60.6 Å². The van der Waals surface area contributed by atoms with Gasteiger partial charge >= 0.3 is 0 Å². The summed E-state index contributed by atoms with van der Waals surface area (Å²) >= 11 is 0. The number of carbonyl (C=O) groups excluding carboxylic acids is 1. The fourth-order valence-electron chi connectivity index (χ4n) is 2.91. The van der Waals surface area contributed by atoms with E-state index in [1.807, 2.05) is 75.6 Å². The van der Waals surface area contributed by atoms with Crippen molar-refractivity contribution in [2.45, 2.75) is 19.4 Å². The molecule has 0 radical (unpaired) electrons. The Kier molecular flexibility index (Phi) is 5.89. The van der Waals surface area contributed by atoms with E-state index in [0.717, 1.165) is 16.8 Å². The first-order valence-corrected chi connectivity index (χ1v) is 9.07. The average Bonchev–Trinajstić information content (AvgIpc) is 3.20. The quantitative estimate of drug-likeness (QED) is 0.405. The van der Waals surface area contributed by atoms with Gasteiger partial charge in [-0.05, 0) is 11.6 Å². The van der Waals surface area contributed by atoms with Gasteiger partial charge in [0, 0.05) is 36.7 Å². The lowest BCUT2D eigenvalue weighted by molar-refractivity contribution is 0.103. The molecular formula is C22H24N4O2. The molecule has 28 heavy (non-hydrogen) atoms. The van der Waals surface area contributed by atoms with Crippen LogP contribution in [0, 0.1) is 0 Å². The topological polar surface area (TPSA) is 84.7 Å². The number of nitrogens with zero attached hydrogens (tertiary/aromatic N) is 3. The molecule has 0 saturated heterocycles. The Morgan fingerprint density at radius 2 is 1.86 bits per heavy atom. The number of benzene rings is 2. The lowest BCUT2D eigenvalue weighted by Gasteiger charge is -2.13. The van der Waals surface area contributed by atoms with Crippen LogP contribution in [0.3, 0.4) is 0 Å². The van der Waals surface area contributed by atoms with Crippen LogP contribution in [-0.2, 0) is 6.54 Å². The Labute approximate surface area is 164 Å². The maximum absolute atomic E-state index is 12.7. The fraction of sp³-hybridized carbons (Fsp3) is 0.227. The molecule has 0 aliphatic carbocycles.